The lowest BCUT2D eigenvalue weighted by Crippen LogP contribution is -2.43. The molecule has 0 aromatic heterocycles. The number of hydrogen-bond acceptors (Lipinski definition) is 6. The summed E-state index contributed by atoms with van der Waals surface area (Å²) < 4.78 is 0. The van der Waals surface area contributed by atoms with E-state index in [4.69, 9.17) is 0 Å². The van der Waals surface area contributed by atoms with Crippen LogP contribution >= 0.6 is 11.8 Å². The number of amides is 4. The number of thioether (sulfide) groups is 1. The average Bonchev–Trinajstić information content (AvgIpc) is 2.79. The average molecular weight is 330 g/mol. The molecule has 1 aliphatic rings. The third kappa shape index (κ3) is 4.70. The molecular weight excluding hydrogens is 308 g/mol. The lowest BCUT2D eigenvalue weighted by molar-refractivity contribution is -0.138. The summed E-state index contributed by atoms with van der Waals surface area (Å²) in [6, 6.07) is -0.419. The van der Waals surface area contributed by atoms with Crippen LogP contribution in [0, 0.1) is 0 Å². The summed E-state index contributed by atoms with van der Waals surface area (Å²) in [5.41, 5.74) is 0. The maximum absolute atomic E-state index is 12.2. The summed E-state index contributed by atoms with van der Waals surface area (Å²) in [7, 11) is 4.71. The third-order valence-corrected chi connectivity index (χ3v) is 4.72. The van der Waals surface area contributed by atoms with Crippen molar-refractivity contribution in [3.63, 3.8) is 0 Å². The Morgan fingerprint density at radius 2 is 1.95 bits per heavy atom. The zero-order valence-electron chi connectivity index (χ0n) is 13.0. The van der Waals surface area contributed by atoms with Gasteiger partial charge in [-0.25, -0.2) is 0 Å². The van der Waals surface area contributed by atoms with Crippen molar-refractivity contribution in [2.24, 2.45) is 0 Å². The zero-order valence-corrected chi connectivity index (χ0v) is 13.8. The van der Waals surface area contributed by atoms with Crippen LogP contribution in [0.3, 0.4) is 0 Å². The molecule has 1 fully saturated rings. The van der Waals surface area contributed by atoms with Crippen LogP contribution in [0.5, 0.6) is 0 Å². The highest BCUT2D eigenvalue weighted by Crippen LogP contribution is 2.25. The summed E-state index contributed by atoms with van der Waals surface area (Å²) >= 11 is 1.28. The Kier molecular flexibility index (Phi) is 7.33. The Balaban J connectivity index is 2.53. The molecule has 124 valence electrons. The molecule has 8 nitrogen and oxygen atoms in total. The number of nitrogens with zero attached hydrogens (tertiary/aromatic N) is 1. The molecule has 3 N–H and O–H groups in total. The van der Waals surface area contributed by atoms with Gasteiger partial charge in [-0.15, -0.1) is 11.8 Å². The second-order valence-corrected chi connectivity index (χ2v) is 6.02. The van der Waals surface area contributed by atoms with E-state index in [0.29, 0.717) is 5.75 Å². The van der Waals surface area contributed by atoms with Gasteiger partial charge in [-0.3, -0.25) is 24.1 Å². The van der Waals surface area contributed by atoms with Crippen LogP contribution in [-0.4, -0.2) is 73.3 Å². The van der Waals surface area contributed by atoms with Gasteiger partial charge in [0.05, 0.1) is 11.3 Å². The highest BCUT2D eigenvalue weighted by atomic mass is 32.2. The lowest BCUT2D eigenvalue weighted by Gasteiger charge is -2.17. The number of likely N-dealkylation sites (tertiary alicyclic amines) is 1. The van der Waals surface area contributed by atoms with E-state index < -0.39 is 11.3 Å². The molecule has 4 amide bonds. The van der Waals surface area contributed by atoms with Crippen molar-refractivity contribution in [2.45, 2.75) is 24.1 Å². The highest BCUT2D eigenvalue weighted by Gasteiger charge is 2.39. The topological polar surface area (TPSA) is 108 Å². The van der Waals surface area contributed by atoms with Gasteiger partial charge in [0.15, 0.2) is 0 Å². The van der Waals surface area contributed by atoms with Gasteiger partial charge in [0.1, 0.15) is 0 Å². The summed E-state index contributed by atoms with van der Waals surface area (Å²) in [5.74, 6) is -0.545. The summed E-state index contributed by atoms with van der Waals surface area (Å²) in [6.07, 6.45) is 0.212. The SMILES string of the molecule is CNC(=O)CCN1C(=O)CC(SCC(NC)C(=O)NC)C1=O. The summed E-state index contributed by atoms with van der Waals surface area (Å²) in [5, 5.41) is 7.37. The van der Waals surface area contributed by atoms with Crippen LogP contribution in [0.25, 0.3) is 0 Å². The first-order valence-corrected chi connectivity index (χ1v) is 8.04. The van der Waals surface area contributed by atoms with Gasteiger partial charge in [-0.2, -0.15) is 0 Å². The molecule has 0 spiro atoms. The molecular formula is C13H22N4O4S. The Labute approximate surface area is 133 Å². The number of hydrogen-bond donors (Lipinski definition) is 3. The number of likely N-dealkylation sites (N-methyl/N-ethyl adjacent to an activating group) is 2. The van der Waals surface area contributed by atoms with E-state index in [9.17, 15) is 19.2 Å². The summed E-state index contributed by atoms with van der Waals surface area (Å²) in [6.45, 7) is 0.0965. The monoisotopic (exact) mass is 330 g/mol. The minimum Gasteiger partial charge on any atom is -0.359 e. The molecule has 1 aliphatic heterocycles. The standard InChI is InChI=1S/C13H22N4O4S/c1-14-8(12(20)16-3)7-22-9-6-11(19)17(13(9)21)5-4-10(18)15-2/h8-9,14H,4-7H2,1-3H3,(H,15,18)(H,16,20). The Hall–Kier alpha value is -1.61. The van der Waals surface area contributed by atoms with Gasteiger partial charge < -0.3 is 16.0 Å². The zero-order chi connectivity index (χ0) is 16.7. The largest absolute Gasteiger partial charge is 0.359 e. The summed E-state index contributed by atoms with van der Waals surface area (Å²) in [4.78, 5) is 48.0. The van der Waals surface area contributed by atoms with Crippen LogP contribution in [0.2, 0.25) is 0 Å². The Morgan fingerprint density at radius 1 is 1.27 bits per heavy atom. The van der Waals surface area contributed by atoms with Crippen LogP contribution < -0.4 is 16.0 Å². The molecule has 0 bridgehead atoms. The molecule has 1 heterocycles. The van der Waals surface area contributed by atoms with Gasteiger partial charge in [-0.1, -0.05) is 0 Å². The van der Waals surface area contributed by atoms with E-state index in [1.165, 1.54) is 18.8 Å². The van der Waals surface area contributed by atoms with E-state index in [2.05, 4.69) is 16.0 Å². The van der Waals surface area contributed by atoms with Gasteiger partial charge in [-0.05, 0) is 7.05 Å². The predicted octanol–water partition coefficient (Wildman–Crippen LogP) is -1.68. The van der Waals surface area contributed by atoms with Crippen molar-refractivity contribution >= 4 is 35.4 Å². The fourth-order valence-electron chi connectivity index (χ4n) is 2.03. The normalized spacial score (nSPS) is 19.2. The molecule has 0 saturated carbocycles. The molecule has 0 aromatic carbocycles. The second-order valence-electron chi connectivity index (χ2n) is 4.79. The molecule has 0 radical (unpaired) electrons. The fraction of sp³-hybridized carbons (Fsp3) is 0.692. The number of carbonyl (C=O) groups is 4. The first-order chi connectivity index (χ1) is 10.4. The molecule has 0 aromatic rings. The molecule has 2 unspecified atom stereocenters. The number of imide groups is 1. The van der Waals surface area contributed by atoms with E-state index in [-0.39, 0.29) is 43.0 Å². The smallest absolute Gasteiger partial charge is 0.242 e. The Bertz CT molecular complexity index is 457. The van der Waals surface area contributed by atoms with E-state index in [1.54, 1.807) is 14.1 Å². The Morgan fingerprint density at radius 3 is 2.50 bits per heavy atom. The van der Waals surface area contributed by atoms with Crippen molar-refractivity contribution < 1.29 is 19.2 Å². The maximum atomic E-state index is 12.2. The molecule has 22 heavy (non-hydrogen) atoms. The number of nitrogens with one attached hydrogen (secondary N) is 3. The lowest BCUT2D eigenvalue weighted by atomic mass is 10.3. The van der Waals surface area contributed by atoms with E-state index in [1.807, 2.05) is 0 Å². The van der Waals surface area contributed by atoms with E-state index >= 15 is 0 Å². The molecule has 0 aliphatic carbocycles. The van der Waals surface area contributed by atoms with Crippen LogP contribution in [0.1, 0.15) is 12.8 Å². The van der Waals surface area contributed by atoms with E-state index in [0.717, 1.165) is 4.90 Å². The fourth-order valence-corrected chi connectivity index (χ4v) is 3.31. The minimum absolute atomic E-state index is 0.0965. The minimum atomic E-state index is -0.488. The predicted molar refractivity (Wildman–Crippen MR) is 83.2 cm³/mol. The van der Waals surface area contributed by atoms with Gasteiger partial charge in [0.2, 0.25) is 23.6 Å². The quantitative estimate of drug-likeness (QED) is 0.459. The van der Waals surface area contributed by atoms with Crippen molar-refractivity contribution in [1.29, 1.82) is 0 Å². The van der Waals surface area contributed by atoms with Crippen molar-refractivity contribution in [2.75, 3.05) is 33.4 Å². The van der Waals surface area contributed by atoms with Crippen LogP contribution in [0.15, 0.2) is 0 Å². The molecule has 9 heteroatoms. The third-order valence-electron chi connectivity index (χ3n) is 3.42. The van der Waals surface area contributed by atoms with Gasteiger partial charge in [0, 0.05) is 39.2 Å². The van der Waals surface area contributed by atoms with Gasteiger partial charge in [0.25, 0.3) is 0 Å². The van der Waals surface area contributed by atoms with Crippen molar-refractivity contribution in [3.05, 3.63) is 0 Å². The molecule has 2 atom stereocenters. The second kappa shape index (κ2) is 8.74. The number of rotatable bonds is 8. The number of carbonyl (C=O) groups excluding carboxylic acids is 4. The highest BCUT2D eigenvalue weighted by molar-refractivity contribution is 8.00. The first kappa shape index (κ1) is 18.4. The van der Waals surface area contributed by atoms with Crippen molar-refractivity contribution in [1.82, 2.24) is 20.9 Å². The van der Waals surface area contributed by atoms with Gasteiger partial charge >= 0.3 is 0 Å². The van der Waals surface area contributed by atoms with Crippen LogP contribution in [-0.2, 0) is 19.2 Å². The maximum Gasteiger partial charge on any atom is 0.242 e. The van der Waals surface area contributed by atoms with Crippen LogP contribution in [0.4, 0.5) is 0 Å². The molecule has 1 saturated heterocycles. The first-order valence-electron chi connectivity index (χ1n) is 6.99. The van der Waals surface area contributed by atoms with Crippen molar-refractivity contribution in [3.8, 4) is 0 Å². The molecule has 1 rings (SSSR count).